The van der Waals surface area contributed by atoms with E-state index in [2.05, 4.69) is 0 Å². The fourth-order valence-electron chi connectivity index (χ4n) is 3.03. The molecule has 0 saturated carbocycles. The van der Waals surface area contributed by atoms with E-state index in [4.69, 9.17) is 21.1 Å². The lowest BCUT2D eigenvalue weighted by Crippen LogP contribution is -2.29. The maximum absolute atomic E-state index is 12.5. The molecule has 1 aromatic carbocycles. The summed E-state index contributed by atoms with van der Waals surface area (Å²) in [7, 11) is 0. The van der Waals surface area contributed by atoms with Gasteiger partial charge in [0.2, 0.25) is 6.79 Å². The summed E-state index contributed by atoms with van der Waals surface area (Å²) in [6.07, 6.45) is 1.42. The van der Waals surface area contributed by atoms with Crippen molar-refractivity contribution < 1.29 is 24.5 Å². The van der Waals surface area contributed by atoms with Gasteiger partial charge in [0.25, 0.3) is 5.56 Å². The van der Waals surface area contributed by atoms with Gasteiger partial charge in [-0.3, -0.25) is 14.4 Å². The van der Waals surface area contributed by atoms with Crippen molar-refractivity contribution in [1.82, 2.24) is 4.57 Å². The Morgan fingerprint density at radius 3 is 2.83 bits per heavy atom. The van der Waals surface area contributed by atoms with Crippen molar-refractivity contribution in [3.05, 3.63) is 57.5 Å². The molecule has 0 aliphatic carbocycles. The van der Waals surface area contributed by atoms with Gasteiger partial charge in [0.1, 0.15) is 5.56 Å². The van der Waals surface area contributed by atoms with Crippen LogP contribution in [0.4, 0.5) is 5.69 Å². The largest absolute Gasteiger partial charge is 0.502 e. The summed E-state index contributed by atoms with van der Waals surface area (Å²) in [6.45, 7) is 0.0362. The number of aromatic hydroxyl groups is 1. The van der Waals surface area contributed by atoms with Crippen molar-refractivity contribution in [1.29, 1.82) is 0 Å². The van der Waals surface area contributed by atoms with E-state index in [0.29, 0.717) is 22.7 Å². The second-order valence-corrected chi connectivity index (χ2v) is 7.12. The van der Waals surface area contributed by atoms with Crippen molar-refractivity contribution in [2.24, 2.45) is 11.6 Å². The summed E-state index contributed by atoms with van der Waals surface area (Å²) >= 11 is 1.11. The van der Waals surface area contributed by atoms with Gasteiger partial charge in [-0.05, 0) is 23.6 Å². The van der Waals surface area contributed by atoms with Crippen molar-refractivity contribution in [3.8, 4) is 17.2 Å². The van der Waals surface area contributed by atoms with Crippen LogP contribution in [0.5, 0.6) is 17.2 Å². The van der Waals surface area contributed by atoms with Crippen LogP contribution >= 0.6 is 11.3 Å². The Bertz CT molecular complexity index is 1220. The molecule has 3 aromatic rings. The third-order valence-corrected chi connectivity index (χ3v) is 5.28. The molecule has 3 heterocycles. The standard InChI is InChI=1S/C18H16N4O6S/c19-9(7-22(20)10-1-2-12-13(5-10)28-8-27-12)6-21-11-3-4-29-16(11)14(18(25)26)15(23)17(21)24/h1-5,7,23H,6,8,19-20H2,(H,25,26)/b9-7-. The second kappa shape index (κ2) is 7.04. The SMILES string of the molecule is N/C(=C\N(N)c1ccc2c(c1)OCO2)Cn1c(=O)c(O)c(C(=O)O)c2sccc21. The van der Waals surface area contributed by atoms with Gasteiger partial charge >= 0.3 is 5.97 Å². The van der Waals surface area contributed by atoms with E-state index in [1.54, 1.807) is 29.6 Å². The van der Waals surface area contributed by atoms with E-state index >= 15 is 0 Å². The third-order valence-electron chi connectivity index (χ3n) is 4.36. The van der Waals surface area contributed by atoms with Gasteiger partial charge in [-0.2, -0.15) is 0 Å². The molecule has 11 heteroatoms. The number of rotatable bonds is 5. The number of aromatic carboxylic acids is 1. The Labute approximate surface area is 167 Å². The molecule has 0 saturated heterocycles. The highest BCUT2D eigenvalue weighted by Gasteiger charge is 2.22. The molecule has 0 amide bonds. The number of hydrogen-bond acceptors (Lipinski definition) is 9. The van der Waals surface area contributed by atoms with Crippen LogP contribution in [0, 0.1) is 0 Å². The normalized spacial score (nSPS) is 13.1. The number of fused-ring (bicyclic) bond motifs is 2. The van der Waals surface area contributed by atoms with Crippen LogP contribution in [0.25, 0.3) is 10.2 Å². The van der Waals surface area contributed by atoms with E-state index in [1.807, 2.05) is 0 Å². The highest BCUT2D eigenvalue weighted by atomic mass is 32.1. The molecule has 0 fully saturated rings. The quantitative estimate of drug-likeness (QED) is 0.357. The van der Waals surface area contributed by atoms with E-state index in [9.17, 15) is 19.8 Å². The number of hydrazine groups is 1. The summed E-state index contributed by atoms with van der Waals surface area (Å²) < 4.78 is 12.0. The highest BCUT2D eigenvalue weighted by molar-refractivity contribution is 7.17. The van der Waals surface area contributed by atoms with E-state index in [-0.39, 0.29) is 23.7 Å². The number of allylic oxidation sites excluding steroid dienone is 1. The molecule has 0 unspecified atom stereocenters. The van der Waals surface area contributed by atoms with E-state index in [0.717, 1.165) is 11.3 Å². The lowest BCUT2D eigenvalue weighted by atomic mass is 10.2. The molecule has 1 aliphatic rings. The summed E-state index contributed by atoms with van der Waals surface area (Å²) in [5.41, 5.74) is 5.94. The van der Waals surface area contributed by atoms with Crippen molar-refractivity contribution >= 4 is 33.2 Å². The Hall–Kier alpha value is -3.70. The van der Waals surface area contributed by atoms with Crippen LogP contribution in [-0.4, -0.2) is 27.5 Å². The molecule has 6 N–H and O–H groups in total. The van der Waals surface area contributed by atoms with Gasteiger partial charge in [-0.25, -0.2) is 10.6 Å². The predicted molar refractivity (Wildman–Crippen MR) is 106 cm³/mol. The van der Waals surface area contributed by atoms with Gasteiger partial charge in [-0.1, -0.05) is 0 Å². The molecule has 2 aromatic heterocycles. The number of nitrogens with zero attached hydrogens (tertiary/aromatic N) is 2. The third kappa shape index (κ3) is 3.22. The lowest BCUT2D eigenvalue weighted by molar-refractivity contribution is 0.0695. The predicted octanol–water partition coefficient (Wildman–Crippen LogP) is 1.38. The summed E-state index contributed by atoms with van der Waals surface area (Å²) in [5.74, 6) is 4.99. The molecule has 0 radical (unpaired) electrons. The van der Waals surface area contributed by atoms with Crippen LogP contribution in [0.2, 0.25) is 0 Å². The number of carbonyl (C=O) groups is 1. The molecule has 1 aliphatic heterocycles. The zero-order valence-corrected chi connectivity index (χ0v) is 15.7. The van der Waals surface area contributed by atoms with Crippen LogP contribution in [0.3, 0.4) is 0 Å². The topological polar surface area (TPSA) is 153 Å². The van der Waals surface area contributed by atoms with Gasteiger partial charge in [0.05, 0.1) is 22.4 Å². The molecule has 150 valence electrons. The summed E-state index contributed by atoms with van der Waals surface area (Å²) in [5, 5.41) is 22.3. The van der Waals surface area contributed by atoms with Gasteiger partial charge in [-0.15, -0.1) is 11.3 Å². The maximum atomic E-state index is 12.5. The number of anilines is 1. The first-order chi connectivity index (χ1) is 13.9. The number of ether oxygens (including phenoxy) is 2. The average molecular weight is 416 g/mol. The minimum Gasteiger partial charge on any atom is -0.502 e. The minimum atomic E-state index is -1.38. The van der Waals surface area contributed by atoms with Gasteiger partial charge in [0, 0.05) is 18.0 Å². The van der Waals surface area contributed by atoms with Crippen molar-refractivity contribution in [3.63, 3.8) is 0 Å². The highest BCUT2D eigenvalue weighted by Crippen LogP contribution is 2.35. The molecule has 0 atom stereocenters. The molecule has 29 heavy (non-hydrogen) atoms. The van der Waals surface area contributed by atoms with Crippen molar-refractivity contribution in [2.45, 2.75) is 6.54 Å². The van der Waals surface area contributed by atoms with E-state index in [1.165, 1.54) is 15.8 Å². The molecule has 0 bridgehead atoms. The average Bonchev–Trinajstić information content (AvgIpc) is 3.33. The zero-order valence-electron chi connectivity index (χ0n) is 14.9. The van der Waals surface area contributed by atoms with Crippen LogP contribution in [0.1, 0.15) is 10.4 Å². The second-order valence-electron chi connectivity index (χ2n) is 6.20. The number of nitrogens with two attached hydrogens (primary N) is 2. The fourth-order valence-corrected chi connectivity index (χ4v) is 3.97. The summed E-state index contributed by atoms with van der Waals surface area (Å²) in [6, 6.07) is 6.71. The van der Waals surface area contributed by atoms with Crippen LogP contribution in [0.15, 0.2) is 46.3 Å². The first-order valence-electron chi connectivity index (χ1n) is 8.33. The maximum Gasteiger partial charge on any atom is 0.341 e. The molecular weight excluding hydrogens is 400 g/mol. The monoisotopic (exact) mass is 416 g/mol. The Morgan fingerprint density at radius 2 is 2.07 bits per heavy atom. The van der Waals surface area contributed by atoms with Crippen LogP contribution in [-0.2, 0) is 6.54 Å². The first-order valence-corrected chi connectivity index (χ1v) is 9.20. The Morgan fingerprint density at radius 1 is 1.31 bits per heavy atom. The van der Waals surface area contributed by atoms with Gasteiger partial charge < -0.3 is 25.4 Å². The van der Waals surface area contributed by atoms with Gasteiger partial charge in [0.15, 0.2) is 17.2 Å². The minimum absolute atomic E-state index is 0.0994. The lowest BCUT2D eigenvalue weighted by Gasteiger charge is -2.17. The zero-order chi connectivity index (χ0) is 20.7. The number of benzene rings is 1. The number of carboxylic acid groups (broad SMARTS) is 1. The number of carboxylic acids is 1. The summed E-state index contributed by atoms with van der Waals surface area (Å²) in [4.78, 5) is 23.9. The molecule has 4 rings (SSSR count). The number of pyridine rings is 1. The van der Waals surface area contributed by atoms with E-state index < -0.39 is 22.8 Å². The Kier molecular flexibility index (Phi) is 4.53. The van der Waals surface area contributed by atoms with Crippen LogP contribution < -0.4 is 31.6 Å². The molecular formula is C18H16N4O6S. The van der Waals surface area contributed by atoms with Crippen molar-refractivity contribution in [2.75, 3.05) is 11.8 Å². The number of hydrogen-bond donors (Lipinski definition) is 4. The molecule has 10 nitrogen and oxygen atoms in total. The number of thiophene rings is 1. The Balaban J connectivity index is 1.67. The molecule has 0 spiro atoms. The first kappa shape index (κ1) is 18.7. The fraction of sp³-hybridized carbons (Fsp3) is 0.111. The number of aromatic nitrogens is 1. The smallest absolute Gasteiger partial charge is 0.341 e.